The summed E-state index contributed by atoms with van der Waals surface area (Å²) < 4.78 is 1.72. The van der Waals surface area contributed by atoms with Gasteiger partial charge in [0.1, 0.15) is 5.82 Å². The number of likely N-dealkylation sites (tertiary alicyclic amines) is 2. The summed E-state index contributed by atoms with van der Waals surface area (Å²) in [4.78, 5) is 23.8. The first-order valence-corrected chi connectivity index (χ1v) is 9.55. The molecule has 0 saturated carbocycles. The van der Waals surface area contributed by atoms with Crippen LogP contribution in [-0.2, 0) is 13.6 Å². The van der Waals surface area contributed by atoms with E-state index >= 15 is 0 Å². The molecule has 0 bridgehead atoms. The molecule has 27 heavy (non-hydrogen) atoms. The van der Waals surface area contributed by atoms with E-state index in [2.05, 4.69) is 27.1 Å². The number of aryl methyl sites for hydroxylation is 2. The van der Waals surface area contributed by atoms with Gasteiger partial charge in [0, 0.05) is 66.3 Å². The summed E-state index contributed by atoms with van der Waals surface area (Å²) in [5.74, 6) is 2.27. The van der Waals surface area contributed by atoms with Crippen LogP contribution in [0.15, 0.2) is 24.5 Å². The number of amides is 1. The molecule has 0 spiro atoms. The second kappa shape index (κ2) is 6.96. The van der Waals surface area contributed by atoms with Crippen molar-refractivity contribution < 1.29 is 4.79 Å². The van der Waals surface area contributed by atoms with Crippen molar-refractivity contribution in [3.8, 4) is 0 Å². The second-order valence-corrected chi connectivity index (χ2v) is 8.14. The molecular weight excluding hydrogens is 340 g/mol. The van der Waals surface area contributed by atoms with Gasteiger partial charge < -0.3 is 9.80 Å². The Kier molecular flexibility index (Phi) is 4.63. The normalized spacial score (nSPS) is 22.3. The van der Waals surface area contributed by atoms with Gasteiger partial charge in [-0.15, -0.1) is 0 Å². The van der Waals surface area contributed by atoms with Gasteiger partial charge in [0.25, 0.3) is 5.91 Å². The Morgan fingerprint density at radius 3 is 2.52 bits per heavy atom. The SMILES string of the molecule is Cc1nn(C)cc1C(=O)N1C[C@H]2CN(Cc3ccnc(N(C)C)c3)C[C@H]2C1. The largest absolute Gasteiger partial charge is 0.363 e. The van der Waals surface area contributed by atoms with Gasteiger partial charge in [-0.05, 0) is 36.5 Å². The predicted octanol–water partition coefficient (Wildman–Crippen LogP) is 1.39. The molecule has 0 N–H and O–H groups in total. The highest BCUT2D eigenvalue weighted by atomic mass is 16.2. The fourth-order valence-electron chi connectivity index (χ4n) is 4.43. The highest BCUT2D eigenvalue weighted by Gasteiger charge is 2.42. The summed E-state index contributed by atoms with van der Waals surface area (Å²) in [6.07, 6.45) is 3.72. The number of nitrogens with zero attached hydrogens (tertiary/aromatic N) is 6. The number of pyridine rings is 1. The van der Waals surface area contributed by atoms with Gasteiger partial charge in [-0.2, -0.15) is 5.10 Å². The van der Waals surface area contributed by atoms with Crippen LogP contribution >= 0.6 is 0 Å². The number of rotatable bonds is 4. The molecule has 2 aromatic rings. The number of hydrogen-bond acceptors (Lipinski definition) is 5. The van der Waals surface area contributed by atoms with Gasteiger partial charge >= 0.3 is 0 Å². The summed E-state index contributed by atoms with van der Waals surface area (Å²) in [6, 6.07) is 4.26. The number of hydrogen-bond donors (Lipinski definition) is 0. The van der Waals surface area contributed by atoms with E-state index < -0.39 is 0 Å². The number of carbonyl (C=O) groups excluding carboxylic acids is 1. The molecule has 144 valence electrons. The van der Waals surface area contributed by atoms with Crippen molar-refractivity contribution in [2.75, 3.05) is 45.2 Å². The van der Waals surface area contributed by atoms with Crippen LogP contribution in [0, 0.1) is 18.8 Å². The maximum Gasteiger partial charge on any atom is 0.257 e. The van der Waals surface area contributed by atoms with Gasteiger partial charge in [-0.3, -0.25) is 14.4 Å². The van der Waals surface area contributed by atoms with Crippen molar-refractivity contribution in [1.29, 1.82) is 0 Å². The maximum atomic E-state index is 12.8. The van der Waals surface area contributed by atoms with Crippen LogP contribution in [0.25, 0.3) is 0 Å². The van der Waals surface area contributed by atoms with Crippen LogP contribution in [0.1, 0.15) is 21.6 Å². The highest BCUT2D eigenvalue weighted by Crippen LogP contribution is 2.33. The number of fused-ring (bicyclic) bond motifs is 1. The molecule has 2 saturated heterocycles. The van der Waals surface area contributed by atoms with Gasteiger partial charge in [0.05, 0.1) is 11.3 Å². The molecule has 2 atom stereocenters. The Bertz CT molecular complexity index is 831. The number of anilines is 1. The third kappa shape index (κ3) is 3.56. The summed E-state index contributed by atoms with van der Waals surface area (Å²) in [6.45, 7) is 6.68. The molecule has 7 heteroatoms. The quantitative estimate of drug-likeness (QED) is 0.816. The number of aromatic nitrogens is 3. The Balaban J connectivity index is 1.36. The average molecular weight is 368 g/mol. The Labute approximate surface area is 160 Å². The molecule has 2 aliphatic rings. The molecule has 0 unspecified atom stereocenters. The standard InChI is InChI=1S/C20H28N6O/c1-14-18(13-24(4)22-14)20(27)26-11-16-9-25(10-17(16)12-26)8-15-5-6-21-19(7-15)23(2)3/h5-7,13,16-17H,8-12H2,1-4H3/t16-,17+. The monoisotopic (exact) mass is 368 g/mol. The zero-order valence-electron chi connectivity index (χ0n) is 16.6. The van der Waals surface area contributed by atoms with Gasteiger partial charge in [-0.1, -0.05) is 0 Å². The van der Waals surface area contributed by atoms with E-state index in [0.717, 1.165) is 49.8 Å². The molecule has 0 aromatic carbocycles. The lowest BCUT2D eigenvalue weighted by Gasteiger charge is -2.22. The van der Waals surface area contributed by atoms with E-state index in [1.165, 1.54) is 5.56 Å². The Hall–Kier alpha value is -2.41. The van der Waals surface area contributed by atoms with Crippen molar-refractivity contribution in [2.24, 2.45) is 18.9 Å². The fourth-order valence-corrected chi connectivity index (χ4v) is 4.43. The van der Waals surface area contributed by atoms with E-state index in [4.69, 9.17) is 0 Å². The minimum atomic E-state index is 0.131. The van der Waals surface area contributed by atoms with Crippen LogP contribution in [0.2, 0.25) is 0 Å². The lowest BCUT2D eigenvalue weighted by atomic mass is 10.0. The third-order valence-electron chi connectivity index (χ3n) is 5.77. The van der Waals surface area contributed by atoms with Crippen LogP contribution in [0.5, 0.6) is 0 Å². The van der Waals surface area contributed by atoms with Crippen LogP contribution in [0.3, 0.4) is 0 Å². The first-order valence-electron chi connectivity index (χ1n) is 9.55. The summed E-state index contributed by atoms with van der Waals surface area (Å²) >= 11 is 0. The van der Waals surface area contributed by atoms with Crippen molar-refractivity contribution in [3.05, 3.63) is 41.3 Å². The zero-order valence-corrected chi connectivity index (χ0v) is 16.6. The molecule has 2 aromatic heterocycles. The van der Waals surface area contributed by atoms with E-state index in [9.17, 15) is 4.79 Å². The molecule has 4 rings (SSSR count). The molecule has 7 nitrogen and oxygen atoms in total. The molecular formula is C20H28N6O. The Morgan fingerprint density at radius 2 is 1.93 bits per heavy atom. The van der Waals surface area contributed by atoms with Crippen LogP contribution in [0.4, 0.5) is 5.82 Å². The molecule has 2 aliphatic heterocycles. The number of carbonyl (C=O) groups is 1. The summed E-state index contributed by atoms with van der Waals surface area (Å²) in [5, 5.41) is 4.31. The smallest absolute Gasteiger partial charge is 0.257 e. The minimum Gasteiger partial charge on any atom is -0.363 e. The molecule has 4 heterocycles. The maximum absolute atomic E-state index is 12.8. The lowest BCUT2D eigenvalue weighted by molar-refractivity contribution is 0.0772. The van der Waals surface area contributed by atoms with Crippen molar-refractivity contribution in [1.82, 2.24) is 24.6 Å². The van der Waals surface area contributed by atoms with E-state index in [1.807, 2.05) is 50.3 Å². The fraction of sp³-hybridized carbons (Fsp3) is 0.550. The van der Waals surface area contributed by atoms with Crippen molar-refractivity contribution in [2.45, 2.75) is 13.5 Å². The third-order valence-corrected chi connectivity index (χ3v) is 5.77. The Morgan fingerprint density at radius 1 is 1.22 bits per heavy atom. The van der Waals surface area contributed by atoms with E-state index in [0.29, 0.717) is 11.8 Å². The van der Waals surface area contributed by atoms with E-state index in [-0.39, 0.29) is 5.91 Å². The predicted molar refractivity (Wildman–Crippen MR) is 105 cm³/mol. The second-order valence-electron chi connectivity index (χ2n) is 8.14. The average Bonchev–Trinajstić information content (AvgIpc) is 3.27. The highest BCUT2D eigenvalue weighted by molar-refractivity contribution is 5.95. The van der Waals surface area contributed by atoms with Gasteiger partial charge in [0.2, 0.25) is 0 Å². The summed E-state index contributed by atoms with van der Waals surface area (Å²) in [5.41, 5.74) is 2.85. The van der Waals surface area contributed by atoms with Crippen molar-refractivity contribution in [3.63, 3.8) is 0 Å². The first-order chi connectivity index (χ1) is 12.9. The van der Waals surface area contributed by atoms with Crippen molar-refractivity contribution >= 4 is 11.7 Å². The summed E-state index contributed by atoms with van der Waals surface area (Å²) in [7, 11) is 5.89. The van der Waals surface area contributed by atoms with E-state index in [1.54, 1.807) is 4.68 Å². The lowest BCUT2D eigenvalue weighted by Crippen LogP contribution is -2.33. The van der Waals surface area contributed by atoms with Crippen LogP contribution in [-0.4, -0.2) is 70.7 Å². The van der Waals surface area contributed by atoms with Gasteiger partial charge in [0.15, 0.2) is 0 Å². The molecule has 2 fully saturated rings. The molecule has 0 aliphatic carbocycles. The van der Waals surface area contributed by atoms with Crippen LogP contribution < -0.4 is 4.90 Å². The topological polar surface area (TPSA) is 57.5 Å². The zero-order chi connectivity index (χ0) is 19.1. The molecule has 0 radical (unpaired) electrons. The first kappa shape index (κ1) is 18.0. The molecule has 1 amide bonds. The minimum absolute atomic E-state index is 0.131. The van der Waals surface area contributed by atoms with Gasteiger partial charge in [-0.25, -0.2) is 4.98 Å².